The molecule has 1 saturated carbocycles. The molecule has 35 heavy (non-hydrogen) atoms. The van der Waals surface area contributed by atoms with Gasteiger partial charge in [-0.1, -0.05) is 12.1 Å². The normalized spacial score (nSPS) is 16.4. The number of nitrogens with zero attached hydrogens (tertiary/aromatic N) is 2. The van der Waals surface area contributed by atoms with Gasteiger partial charge in [-0.3, -0.25) is 4.79 Å². The topological polar surface area (TPSA) is 140 Å². The molecule has 1 fully saturated rings. The van der Waals surface area contributed by atoms with E-state index in [0.717, 1.165) is 59.4 Å². The highest BCUT2D eigenvalue weighted by atomic mass is 19.4. The fraction of sp³-hybridized carbons (Fsp3) is 0.391. The minimum Gasteiger partial charge on any atom is -0.475 e. The first-order valence-corrected chi connectivity index (χ1v) is 11.0. The number of carbonyl (C=O) groups is 2. The van der Waals surface area contributed by atoms with E-state index in [1.807, 2.05) is 31.2 Å². The molecule has 0 unspecified atom stereocenters. The van der Waals surface area contributed by atoms with Gasteiger partial charge in [-0.15, -0.1) is 0 Å². The third-order valence-corrected chi connectivity index (χ3v) is 6.20. The summed E-state index contributed by atoms with van der Waals surface area (Å²) in [5.41, 5.74) is 5.57. The van der Waals surface area contributed by atoms with Crippen molar-refractivity contribution in [3.63, 3.8) is 0 Å². The Kier molecular flexibility index (Phi) is 6.41. The number of H-pyrrole nitrogens is 1. The monoisotopic (exact) mass is 491 g/mol. The van der Waals surface area contributed by atoms with Crippen LogP contribution in [0.25, 0.3) is 22.3 Å². The number of nitrogens with one attached hydrogen (secondary N) is 3. The van der Waals surface area contributed by atoms with E-state index in [-0.39, 0.29) is 18.1 Å². The summed E-state index contributed by atoms with van der Waals surface area (Å²) in [6.07, 6.45) is -1.32. The van der Waals surface area contributed by atoms with Crippen molar-refractivity contribution < 1.29 is 33.0 Å². The number of halogens is 3. The van der Waals surface area contributed by atoms with Gasteiger partial charge in [0.25, 0.3) is 5.91 Å². The fourth-order valence-electron chi connectivity index (χ4n) is 4.12. The zero-order valence-electron chi connectivity index (χ0n) is 18.8. The Labute approximate surface area is 197 Å². The lowest BCUT2D eigenvalue weighted by atomic mass is 9.77. The van der Waals surface area contributed by atoms with Crippen LogP contribution in [0.5, 0.6) is 0 Å². The fourth-order valence-corrected chi connectivity index (χ4v) is 4.12. The number of hydrogen-bond donors (Lipinski definition) is 5. The second-order valence-corrected chi connectivity index (χ2v) is 8.63. The number of para-hydroxylation sites is 1. The molecule has 5 rings (SSSR count). The molecule has 186 valence electrons. The molecule has 9 nitrogen and oxygen atoms in total. The molecule has 0 radical (unpaired) electrons. The molecule has 1 amide bonds. The molecule has 1 aromatic carbocycles. The first-order valence-electron chi connectivity index (χ1n) is 11.0. The highest BCUT2D eigenvalue weighted by molar-refractivity contribution is 5.99. The van der Waals surface area contributed by atoms with E-state index in [1.54, 1.807) is 0 Å². The van der Waals surface area contributed by atoms with Gasteiger partial charge in [0, 0.05) is 29.9 Å². The van der Waals surface area contributed by atoms with Crippen LogP contribution in [0.3, 0.4) is 0 Å². The predicted molar refractivity (Wildman–Crippen MR) is 121 cm³/mol. The second kappa shape index (κ2) is 9.17. The third kappa shape index (κ3) is 4.92. The van der Waals surface area contributed by atoms with Crippen LogP contribution in [-0.4, -0.2) is 61.9 Å². The number of anilines is 1. The van der Waals surface area contributed by atoms with E-state index < -0.39 is 12.1 Å². The Bertz CT molecular complexity index is 1280. The summed E-state index contributed by atoms with van der Waals surface area (Å²) in [6, 6.07) is 7.80. The molecule has 0 spiro atoms. The van der Waals surface area contributed by atoms with Crippen molar-refractivity contribution in [2.75, 3.05) is 18.5 Å². The van der Waals surface area contributed by atoms with E-state index in [0.29, 0.717) is 17.9 Å². The lowest BCUT2D eigenvalue weighted by molar-refractivity contribution is -0.192. The molecule has 0 bridgehead atoms. The smallest absolute Gasteiger partial charge is 0.475 e. The molecular formula is C23H24F3N5O4. The molecule has 1 aliphatic carbocycles. The first kappa shape index (κ1) is 24.5. The van der Waals surface area contributed by atoms with Gasteiger partial charge in [-0.05, 0) is 38.3 Å². The number of amides is 1. The molecule has 2 aliphatic rings. The number of aliphatic hydroxyl groups excluding tert-OH is 1. The number of hydrogen-bond acceptors (Lipinski definition) is 6. The number of fused-ring (bicyclic) bond motifs is 2. The van der Waals surface area contributed by atoms with Gasteiger partial charge in [0.1, 0.15) is 11.3 Å². The van der Waals surface area contributed by atoms with Crippen molar-refractivity contribution in [2.24, 2.45) is 0 Å². The Hall–Kier alpha value is -3.67. The highest BCUT2D eigenvalue weighted by Crippen LogP contribution is 2.36. The van der Waals surface area contributed by atoms with E-state index in [1.165, 1.54) is 0 Å². The number of rotatable bonds is 4. The molecule has 1 aliphatic heterocycles. The summed E-state index contributed by atoms with van der Waals surface area (Å²) < 4.78 is 31.7. The molecule has 3 heterocycles. The van der Waals surface area contributed by atoms with Gasteiger partial charge in [0.2, 0.25) is 0 Å². The maximum atomic E-state index is 12.1. The minimum absolute atomic E-state index is 0.0388. The number of aromatic amines is 1. The van der Waals surface area contributed by atoms with Gasteiger partial charge < -0.3 is 25.8 Å². The van der Waals surface area contributed by atoms with Crippen molar-refractivity contribution in [2.45, 2.75) is 44.3 Å². The van der Waals surface area contributed by atoms with Crippen LogP contribution in [0, 0.1) is 6.92 Å². The van der Waals surface area contributed by atoms with Crippen molar-refractivity contribution in [1.82, 2.24) is 20.3 Å². The SMILES string of the molecule is Cc1nc2cccc(-c3cc4c([nH]3)CCNC4=O)c2nc1NC1(CO)CCC1.O=C(O)C(F)(F)F. The maximum Gasteiger partial charge on any atom is 0.490 e. The highest BCUT2D eigenvalue weighted by Gasteiger charge is 2.38. The predicted octanol–water partition coefficient (Wildman–Crippen LogP) is 3.18. The van der Waals surface area contributed by atoms with Crippen LogP contribution in [-0.2, 0) is 11.2 Å². The van der Waals surface area contributed by atoms with Gasteiger partial charge in [-0.2, -0.15) is 13.2 Å². The van der Waals surface area contributed by atoms with Crippen LogP contribution in [0.2, 0.25) is 0 Å². The Morgan fingerprint density at radius 2 is 1.94 bits per heavy atom. The van der Waals surface area contributed by atoms with E-state index in [4.69, 9.17) is 19.9 Å². The minimum atomic E-state index is -5.08. The van der Waals surface area contributed by atoms with Crippen LogP contribution >= 0.6 is 0 Å². The molecule has 5 N–H and O–H groups in total. The Morgan fingerprint density at radius 3 is 2.51 bits per heavy atom. The number of aliphatic carboxylic acids is 1. The van der Waals surface area contributed by atoms with Gasteiger partial charge in [0.15, 0.2) is 0 Å². The largest absolute Gasteiger partial charge is 0.490 e. The van der Waals surface area contributed by atoms with E-state index in [9.17, 15) is 23.1 Å². The number of aliphatic hydroxyl groups is 1. The number of aryl methyl sites for hydroxylation is 1. The van der Waals surface area contributed by atoms with Gasteiger partial charge in [-0.25, -0.2) is 14.8 Å². The van der Waals surface area contributed by atoms with E-state index >= 15 is 0 Å². The standard InChI is InChI=1S/C21H23N5O2.C2HF3O2/c1-12-19(26-21(11-27)7-3-8-21)25-18-13(4-2-5-16(18)23-12)17-10-14-15(24-17)6-9-22-20(14)28;3-2(4,5)1(6)7/h2,4-5,10,24,27H,3,6-9,11H2,1H3,(H,22,28)(H,25,26);(H,6,7). The van der Waals surface area contributed by atoms with Gasteiger partial charge in [0.05, 0.1) is 28.9 Å². The molecule has 0 atom stereocenters. The van der Waals surface area contributed by atoms with E-state index in [2.05, 4.69) is 15.6 Å². The molecule has 3 aromatic rings. The van der Waals surface area contributed by atoms with Crippen LogP contribution < -0.4 is 10.6 Å². The maximum absolute atomic E-state index is 12.1. The average molecular weight is 491 g/mol. The summed E-state index contributed by atoms with van der Waals surface area (Å²) in [7, 11) is 0. The van der Waals surface area contributed by atoms with Crippen molar-refractivity contribution in [3.8, 4) is 11.3 Å². The summed E-state index contributed by atoms with van der Waals surface area (Å²) in [6.45, 7) is 2.67. The zero-order valence-corrected chi connectivity index (χ0v) is 18.8. The lowest BCUT2D eigenvalue weighted by Gasteiger charge is -2.41. The Morgan fingerprint density at radius 1 is 1.23 bits per heavy atom. The van der Waals surface area contributed by atoms with Crippen molar-refractivity contribution >= 4 is 28.7 Å². The zero-order chi connectivity index (χ0) is 25.4. The number of carboxylic acids is 1. The number of alkyl halides is 3. The summed E-state index contributed by atoms with van der Waals surface area (Å²) >= 11 is 0. The van der Waals surface area contributed by atoms with Crippen LogP contribution in [0.15, 0.2) is 24.3 Å². The van der Waals surface area contributed by atoms with Crippen LogP contribution in [0.4, 0.5) is 19.0 Å². The average Bonchev–Trinajstić information content (AvgIpc) is 3.21. The van der Waals surface area contributed by atoms with Gasteiger partial charge >= 0.3 is 12.1 Å². The second-order valence-electron chi connectivity index (χ2n) is 8.63. The first-order chi connectivity index (χ1) is 16.5. The molecule has 0 saturated heterocycles. The molecule has 12 heteroatoms. The number of aromatic nitrogens is 3. The quantitative estimate of drug-likeness (QED) is 0.378. The number of carbonyl (C=O) groups excluding carboxylic acids is 1. The van der Waals surface area contributed by atoms with Crippen molar-refractivity contribution in [1.29, 1.82) is 0 Å². The summed E-state index contributed by atoms with van der Waals surface area (Å²) in [4.78, 5) is 34.0. The third-order valence-electron chi connectivity index (χ3n) is 6.20. The molecular weight excluding hydrogens is 467 g/mol. The number of benzene rings is 1. The number of carboxylic acid groups (broad SMARTS) is 1. The lowest BCUT2D eigenvalue weighted by Crippen LogP contribution is -2.48. The summed E-state index contributed by atoms with van der Waals surface area (Å²) in [5, 5.41) is 23.2. The Balaban J connectivity index is 0.000000364. The molecule has 2 aromatic heterocycles. The van der Waals surface area contributed by atoms with Crippen LogP contribution in [0.1, 0.15) is 41.0 Å². The van der Waals surface area contributed by atoms with Crippen molar-refractivity contribution in [3.05, 3.63) is 41.2 Å². The summed E-state index contributed by atoms with van der Waals surface area (Å²) in [5.74, 6) is -2.08.